The zero-order valence-corrected chi connectivity index (χ0v) is 17.5. The zero-order chi connectivity index (χ0) is 19.4. The van der Waals surface area contributed by atoms with Gasteiger partial charge in [-0.05, 0) is 62.2 Å². The molecule has 1 aliphatic carbocycles. The van der Waals surface area contributed by atoms with Crippen LogP contribution in [0.15, 0.2) is 48.7 Å². The number of fused-ring (bicyclic) bond motifs is 2. The summed E-state index contributed by atoms with van der Waals surface area (Å²) in [5.74, 6) is 0.550. The summed E-state index contributed by atoms with van der Waals surface area (Å²) >= 11 is 0. The van der Waals surface area contributed by atoms with Gasteiger partial charge in [0.05, 0.1) is 0 Å². The molecule has 1 aliphatic heterocycles. The molecule has 0 radical (unpaired) electrons. The third kappa shape index (κ3) is 2.72. The summed E-state index contributed by atoms with van der Waals surface area (Å²) in [4.78, 5) is 5.22. The van der Waals surface area contributed by atoms with Gasteiger partial charge in [-0.3, -0.25) is 4.90 Å². The highest BCUT2D eigenvalue weighted by molar-refractivity contribution is 5.84. The van der Waals surface area contributed by atoms with E-state index in [2.05, 4.69) is 91.1 Å². The lowest BCUT2D eigenvalue weighted by Gasteiger charge is -2.27. The van der Waals surface area contributed by atoms with Gasteiger partial charge < -0.3 is 9.47 Å². The fraction of sp³-hybridized carbons (Fsp3) is 0.440. The Balaban J connectivity index is 1.52. The number of hydrogen-bond acceptors (Lipinski definition) is 2. The van der Waals surface area contributed by atoms with Crippen LogP contribution < -0.4 is 0 Å². The molecule has 0 amide bonds. The van der Waals surface area contributed by atoms with Crippen molar-refractivity contribution >= 4 is 10.9 Å². The molecule has 0 spiro atoms. The Labute approximate surface area is 168 Å². The number of aryl methyl sites for hydroxylation is 3. The molecule has 0 N–H and O–H groups in total. The van der Waals surface area contributed by atoms with Crippen LogP contribution in [0.3, 0.4) is 0 Å². The van der Waals surface area contributed by atoms with Crippen LogP contribution in [-0.4, -0.2) is 47.6 Å². The number of para-hydroxylation sites is 1. The highest BCUT2D eigenvalue weighted by Gasteiger charge is 2.41. The fourth-order valence-electron chi connectivity index (χ4n) is 5.81. The van der Waals surface area contributed by atoms with Gasteiger partial charge in [0, 0.05) is 55.2 Å². The van der Waals surface area contributed by atoms with Crippen molar-refractivity contribution in [1.29, 1.82) is 0 Å². The summed E-state index contributed by atoms with van der Waals surface area (Å²) in [7, 11) is 6.68. The smallest absolute Gasteiger partial charge is 0.0480 e. The van der Waals surface area contributed by atoms with E-state index in [4.69, 9.17) is 0 Å². The quantitative estimate of drug-likeness (QED) is 0.669. The maximum Gasteiger partial charge on any atom is 0.0480 e. The lowest BCUT2D eigenvalue weighted by atomic mass is 9.93. The minimum absolute atomic E-state index is 0.550. The maximum absolute atomic E-state index is 2.77. The van der Waals surface area contributed by atoms with Gasteiger partial charge >= 0.3 is 0 Å². The van der Waals surface area contributed by atoms with Crippen LogP contribution in [0.25, 0.3) is 10.9 Å². The van der Waals surface area contributed by atoms with Crippen LogP contribution in [0.1, 0.15) is 40.6 Å². The third-order valence-electron chi connectivity index (χ3n) is 7.18. The standard InChI is InChI=1S/C25H31N3/c1-17-8-7-9-18-12-13-23(25(17)18)28-15-21(24(16-28)26(2)3)20-14-27(4)22-11-6-5-10-19(20)22/h5-11,14,21,23-24H,12-13,15-16H2,1-4H3. The summed E-state index contributed by atoms with van der Waals surface area (Å²) in [6, 6.07) is 16.9. The van der Waals surface area contributed by atoms with E-state index in [1.165, 1.54) is 34.9 Å². The molecular formula is C25H31N3. The molecule has 1 saturated heterocycles. The maximum atomic E-state index is 2.77. The third-order valence-corrected chi connectivity index (χ3v) is 7.18. The monoisotopic (exact) mass is 373 g/mol. The van der Waals surface area contributed by atoms with Crippen molar-refractivity contribution in [2.75, 3.05) is 27.2 Å². The summed E-state index contributed by atoms with van der Waals surface area (Å²) in [6.07, 6.45) is 4.87. The lowest BCUT2D eigenvalue weighted by Crippen LogP contribution is -2.35. The van der Waals surface area contributed by atoms with Gasteiger partial charge in [-0.25, -0.2) is 0 Å². The van der Waals surface area contributed by atoms with E-state index in [9.17, 15) is 0 Å². The lowest BCUT2D eigenvalue weighted by molar-refractivity contribution is 0.215. The van der Waals surface area contributed by atoms with Crippen LogP contribution in [0.4, 0.5) is 0 Å². The van der Waals surface area contributed by atoms with E-state index in [0.717, 1.165) is 13.1 Å². The molecule has 1 fully saturated rings. The van der Waals surface area contributed by atoms with Crippen LogP contribution >= 0.6 is 0 Å². The fourth-order valence-corrected chi connectivity index (χ4v) is 5.81. The number of hydrogen-bond donors (Lipinski definition) is 0. The number of likely N-dealkylation sites (N-methyl/N-ethyl adjacent to an activating group) is 1. The van der Waals surface area contributed by atoms with Crippen molar-refractivity contribution in [3.8, 4) is 0 Å². The molecule has 3 atom stereocenters. The highest BCUT2D eigenvalue weighted by atomic mass is 15.3. The molecule has 2 heterocycles. The molecule has 3 heteroatoms. The van der Waals surface area contributed by atoms with Crippen molar-refractivity contribution in [3.63, 3.8) is 0 Å². The number of rotatable bonds is 3. The predicted octanol–water partition coefficient (Wildman–Crippen LogP) is 4.50. The van der Waals surface area contributed by atoms with Gasteiger partial charge in [0.25, 0.3) is 0 Å². The van der Waals surface area contributed by atoms with Crippen molar-refractivity contribution < 1.29 is 0 Å². The summed E-state index contributed by atoms with van der Waals surface area (Å²) < 4.78 is 2.30. The number of benzene rings is 2. The normalized spacial score (nSPS) is 25.1. The van der Waals surface area contributed by atoms with E-state index < -0.39 is 0 Å². The van der Waals surface area contributed by atoms with Gasteiger partial charge in [-0.15, -0.1) is 0 Å². The Kier molecular flexibility index (Phi) is 4.33. The predicted molar refractivity (Wildman–Crippen MR) is 117 cm³/mol. The van der Waals surface area contributed by atoms with Crippen molar-refractivity contribution in [3.05, 3.63) is 70.9 Å². The Morgan fingerprint density at radius 2 is 1.82 bits per heavy atom. The average Bonchev–Trinajstić information content (AvgIpc) is 3.37. The van der Waals surface area contributed by atoms with E-state index in [0.29, 0.717) is 18.0 Å². The molecule has 28 heavy (non-hydrogen) atoms. The Morgan fingerprint density at radius 1 is 1.00 bits per heavy atom. The Hall–Kier alpha value is -2.10. The van der Waals surface area contributed by atoms with Gasteiger partial charge in [-0.2, -0.15) is 0 Å². The highest BCUT2D eigenvalue weighted by Crippen LogP contribution is 2.43. The second-order valence-electron chi connectivity index (χ2n) is 9.01. The molecule has 3 aromatic rings. The first-order chi connectivity index (χ1) is 13.5. The van der Waals surface area contributed by atoms with Gasteiger partial charge in [0.1, 0.15) is 0 Å². The van der Waals surface area contributed by atoms with Crippen molar-refractivity contribution in [1.82, 2.24) is 14.4 Å². The van der Waals surface area contributed by atoms with Crippen molar-refractivity contribution in [2.45, 2.75) is 37.8 Å². The van der Waals surface area contributed by atoms with Crippen molar-refractivity contribution in [2.24, 2.45) is 7.05 Å². The molecule has 146 valence electrons. The molecule has 2 aliphatic rings. The van der Waals surface area contributed by atoms with Crippen LogP contribution in [0.2, 0.25) is 0 Å². The first-order valence-corrected chi connectivity index (χ1v) is 10.6. The molecule has 1 aromatic heterocycles. The molecular weight excluding hydrogens is 342 g/mol. The molecule has 2 aromatic carbocycles. The SMILES string of the molecule is Cc1cccc2c1C(N1CC(c3cn(C)c4ccccc34)C(N(C)C)C1)CC2. The first kappa shape index (κ1) is 18.0. The summed E-state index contributed by atoms with van der Waals surface area (Å²) in [6.45, 7) is 4.59. The minimum atomic E-state index is 0.550. The minimum Gasteiger partial charge on any atom is -0.350 e. The van der Waals surface area contributed by atoms with Gasteiger partial charge in [-0.1, -0.05) is 36.4 Å². The van der Waals surface area contributed by atoms with E-state index in [1.54, 1.807) is 11.1 Å². The van der Waals surface area contributed by atoms with Crippen LogP contribution in [0, 0.1) is 6.92 Å². The Bertz CT molecular complexity index is 1020. The zero-order valence-electron chi connectivity index (χ0n) is 17.5. The molecule has 3 unspecified atom stereocenters. The summed E-state index contributed by atoms with van der Waals surface area (Å²) in [5.41, 5.74) is 7.51. The molecule has 5 rings (SSSR count). The molecule has 0 saturated carbocycles. The molecule has 3 nitrogen and oxygen atoms in total. The average molecular weight is 374 g/mol. The number of nitrogens with zero attached hydrogens (tertiary/aromatic N) is 3. The van der Waals surface area contributed by atoms with Gasteiger partial charge in [0.15, 0.2) is 0 Å². The largest absolute Gasteiger partial charge is 0.350 e. The Morgan fingerprint density at radius 3 is 2.64 bits per heavy atom. The second-order valence-corrected chi connectivity index (χ2v) is 9.01. The second kappa shape index (κ2) is 6.75. The van der Waals surface area contributed by atoms with Crippen LogP contribution in [0.5, 0.6) is 0 Å². The number of likely N-dealkylation sites (tertiary alicyclic amines) is 1. The van der Waals surface area contributed by atoms with E-state index in [-0.39, 0.29) is 0 Å². The number of aromatic nitrogens is 1. The topological polar surface area (TPSA) is 11.4 Å². The van der Waals surface area contributed by atoms with Crippen LogP contribution in [-0.2, 0) is 13.5 Å². The van der Waals surface area contributed by atoms with E-state index in [1.807, 2.05) is 0 Å². The first-order valence-electron chi connectivity index (χ1n) is 10.6. The summed E-state index contributed by atoms with van der Waals surface area (Å²) in [5, 5.41) is 1.42. The molecule has 0 bridgehead atoms. The van der Waals surface area contributed by atoms with E-state index >= 15 is 0 Å². The van der Waals surface area contributed by atoms with Gasteiger partial charge in [0.2, 0.25) is 0 Å².